The number of hydrogen-bond acceptors (Lipinski definition) is 2. The van der Waals surface area contributed by atoms with Gasteiger partial charge >= 0.3 is 0 Å². The number of aryl methyl sites for hydroxylation is 1. The maximum atomic E-state index is 10.6. The van der Waals surface area contributed by atoms with Crippen LogP contribution < -0.4 is 0 Å². The second-order valence-corrected chi connectivity index (χ2v) is 4.93. The van der Waals surface area contributed by atoms with Gasteiger partial charge in [-0.25, -0.2) is 0 Å². The van der Waals surface area contributed by atoms with Gasteiger partial charge in [-0.2, -0.15) is 0 Å². The van der Waals surface area contributed by atoms with Crippen LogP contribution in [0, 0.1) is 12.8 Å². The van der Waals surface area contributed by atoms with E-state index in [9.17, 15) is 4.79 Å². The summed E-state index contributed by atoms with van der Waals surface area (Å²) >= 11 is 1.85. The highest BCUT2D eigenvalue weighted by molar-refractivity contribution is 7.99. The molecule has 0 bridgehead atoms. The van der Waals surface area contributed by atoms with Gasteiger partial charge < -0.3 is 0 Å². The molecule has 0 unspecified atom stereocenters. The monoisotopic (exact) mass is 208 g/mol. The highest BCUT2D eigenvalue weighted by Gasteiger charge is 2.00. The summed E-state index contributed by atoms with van der Waals surface area (Å²) in [5.74, 6) is 1.82. The van der Waals surface area contributed by atoms with Crippen molar-refractivity contribution in [1.29, 1.82) is 0 Å². The number of carbonyl (C=O) groups excluding carboxylic acids is 1. The summed E-state index contributed by atoms with van der Waals surface area (Å²) in [6.45, 7) is 6.39. The molecule has 0 atom stereocenters. The van der Waals surface area contributed by atoms with Crippen molar-refractivity contribution in [3.8, 4) is 0 Å². The molecule has 0 saturated heterocycles. The van der Waals surface area contributed by atoms with E-state index in [4.69, 9.17) is 0 Å². The van der Waals surface area contributed by atoms with Crippen LogP contribution in [0.1, 0.15) is 29.8 Å². The van der Waals surface area contributed by atoms with E-state index >= 15 is 0 Å². The summed E-state index contributed by atoms with van der Waals surface area (Å²) in [6, 6.07) is 5.99. The SMILES string of the molecule is Cc1cc(SCC(C)C)ccc1C=O. The van der Waals surface area contributed by atoms with Gasteiger partial charge in [0, 0.05) is 16.2 Å². The zero-order chi connectivity index (χ0) is 10.6. The number of carbonyl (C=O) groups is 1. The van der Waals surface area contributed by atoms with Crippen molar-refractivity contribution in [2.45, 2.75) is 25.7 Å². The molecule has 0 fully saturated rings. The van der Waals surface area contributed by atoms with Gasteiger partial charge in [0.2, 0.25) is 0 Å². The predicted octanol–water partition coefficient (Wildman–Crippen LogP) is 3.56. The average molecular weight is 208 g/mol. The largest absolute Gasteiger partial charge is 0.298 e. The summed E-state index contributed by atoms with van der Waals surface area (Å²) in [5.41, 5.74) is 1.85. The Bertz CT molecular complexity index is 318. The molecule has 1 aromatic rings. The minimum atomic E-state index is 0.700. The molecule has 2 heteroatoms. The van der Waals surface area contributed by atoms with Crippen LogP contribution in [0.15, 0.2) is 23.1 Å². The zero-order valence-corrected chi connectivity index (χ0v) is 9.73. The van der Waals surface area contributed by atoms with Crippen molar-refractivity contribution in [1.82, 2.24) is 0 Å². The summed E-state index contributed by atoms with van der Waals surface area (Å²) in [5, 5.41) is 0. The van der Waals surface area contributed by atoms with E-state index in [0.717, 1.165) is 23.2 Å². The van der Waals surface area contributed by atoms with E-state index in [1.54, 1.807) is 0 Å². The first kappa shape index (κ1) is 11.3. The van der Waals surface area contributed by atoms with Gasteiger partial charge in [0.05, 0.1) is 0 Å². The summed E-state index contributed by atoms with van der Waals surface area (Å²) in [4.78, 5) is 11.8. The summed E-state index contributed by atoms with van der Waals surface area (Å²) in [6.07, 6.45) is 0.909. The van der Waals surface area contributed by atoms with Gasteiger partial charge in [-0.15, -0.1) is 11.8 Å². The molecule has 1 aromatic carbocycles. The Labute approximate surface area is 89.9 Å². The molecule has 1 rings (SSSR count). The highest BCUT2D eigenvalue weighted by atomic mass is 32.2. The van der Waals surface area contributed by atoms with Crippen molar-refractivity contribution in [3.63, 3.8) is 0 Å². The molecule has 0 radical (unpaired) electrons. The molecule has 0 amide bonds. The van der Waals surface area contributed by atoms with Crippen molar-refractivity contribution in [3.05, 3.63) is 29.3 Å². The number of benzene rings is 1. The van der Waals surface area contributed by atoms with Gasteiger partial charge in [0.1, 0.15) is 6.29 Å². The molecule has 0 saturated carbocycles. The van der Waals surface area contributed by atoms with Crippen LogP contribution in [0.2, 0.25) is 0 Å². The molecular weight excluding hydrogens is 192 g/mol. The second-order valence-electron chi connectivity index (χ2n) is 3.84. The molecule has 0 aliphatic heterocycles. The van der Waals surface area contributed by atoms with Crippen LogP contribution in [0.25, 0.3) is 0 Å². The fourth-order valence-corrected chi connectivity index (χ4v) is 2.08. The van der Waals surface area contributed by atoms with Crippen LogP contribution in [-0.2, 0) is 0 Å². The lowest BCUT2D eigenvalue weighted by atomic mass is 10.1. The van der Waals surface area contributed by atoms with E-state index < -0.39 is 0 Å². The maximum Gasteiger partial charge on any atom is 0.150 e. The molecule has 0 aliphatic carbocycles. The maximum absolute atomic E-state index is 10.6. The Morgan fingerprint density at radius 3 is 2.64 bits per heavy atom. The molecule has 0 aliphatic rings. The van der Waals surface area contributed by atoms with Crippen molar-refractivity contribution in [2.24, 2.45) is 5.92 Å². The minimum Gasteiger partial charge on any atom is -0.298 e. The van der Waals surface area contributed by atoms with E-state index in [2.05, 4.69) is 19.9 Å². The van der Waals surface area contributed by atoms with Crippen molar-refractivity contribution < 1.29 is 4.79 Å². The highest BCUT2D eigenvalue weighted by Crippen LogP contribution is 2.22. The lowest BCUT2D eigenvalue weighted by Gasteiger charge is -2.06. The fraction of sp³-hybridized carbons (Fsp3) is 0.417. The Morgan fingerprint density at radius 2 is 2.14 bits per heavy atom. The molecule has 14 heavy (non-hydrogen) atoms. The molecule has 76 valence electrons. The molecule has 0 N–H and O–H groups in total. The number of thioether (sulfide) groups is 1. The Hall–Kier alpha value is -0.760. The topological polar surface area (TPSA) is 17.1 Å². The second kappa shape index (κ2) is 5.20. The third-order valence-corrected chi connectivity index (χ3v) is 3.37. The number of rotatable bonds is 4. The first-order valence-electron chi connectivity index (χ1n) is 4.82. The number of aldehydes is 1. The van der Waals surface area contributed by atoms with E-state index in [-0.39, 0.29) is 0 Å². The van der Waals surface area contributed by atoms with Gasteiger partial charge in [0.25, 0.3) is 0 Å². The van der Waals surface area contributed by atoms with Gasteiger partial charge in [-0.3, -0.25) is 4.79 Å². The average Bonchev–Trinajstić information content (AvgIpc) is 2.15. The minimum absolute atomic E-state index is 0.700. The van der Waals surface area contributed by atoms with Gasteiger partial charge in [-0.1, -0.05) is 19.9 Å². The molecule has 0 heterocycles. The smallest absolute Gasteiger partial charge is 0.150 e. The van der Waals surface area contributed by atoms with Crippen LogP contribution in [0.3, 0.4) is 0 Å². The van der Waals surface area contributed by atoms with Gasteiger partial charge in [0.15, 0.2) is 0 Å². The fourth-order valence-electron chi connectivity index (χ4n) is 1.13. The molecule has 0 spiro atoms. The Balaban J connectivity index is 2.71. The van der Waals surface area contributed by atoms with E-state index in [1.165, 1.54) is 4.90 Å². The van der Waals surface area contributed by atoms with E-state index in [1.807, 2.05) is 30.8 Å². The third kappa shape index (κ3) is 3.18. The lowest BCUT2D eigenvalue weighted by molar-refractivity contribution is 0.112. The lowest BCUT2D eigenvalue weighted by Crippen LogP contribution is -1.91. The van der Waals surface area contributed by atoms with Crippen LogP contribution in [0.5, 0.6) is 0 Å². The summed E-state index contributed by atoms with van der Waals surface area (Å²) < 4.78 is 0. The number of hydrogen-bond donors (Lipinski definition) is 0. The normalized spacial score (nSPS) is 10.6. The van der Waals surface area contributed by atoms with Crippen molar-refractivity contribution in [2.75, 3.05) is 5.75 Å². The van der Waals surface area contributed by atoms with Crippen molar-refractivity contribution >= 4 is 18.0 Å². The Morgan fingerprint density at radius 1 is 1.43 bits per heavy atom. The van der Waals surface area contributed by atoms with Crippen LogP contribution >= 0.6 is 11.8 Å². The molecule has 0 aromatic heterocycles. The third-order valence-electron chi connectivity index (χ3n) is 1.95. The first-order valence-corrected chi connectivity index (χ1v) is 5.80. The van der Waals surface area contributed by atoms with E-state index in [0.29, 0.717) is 5.92 Å². The van der Waals surface area contributed by atoms with Crippen LogP contribution in [0.4, 0.5) is 0 Å². The standard InChI is InChI=1S/C12H16OS/c1-9(2)8-14-12-5-4-11(7-13)10(3)6-12/h4-7,9H,8H2,1-3H3. The Kier molecular flexibility index (Phi) is 4.21. The molecule has 1 nitrogen and oxygen atoms in total. The first-order chi connectivity index (χ1) is 6.63. The van der Waals surface area contributed by atoms with Crippen LogP contribution in [-0.4, -0.2) is 12.0 Å². The zero-order valence-electron chi connectivity index (χ0n) is 8.91. The van der Waals surface area contributed by atoms with Gasteiger partial charge in [-0.05, 0) is 30.5 Å². The molecular formula is C12H16OS. The quantitative estimate of drug-likeness (QED) is 0.556. The summed E-state index contributed by atoms with van der Waals surface area (Å²) in [7, 11) is 0. The predicted molar refractivity (Wildman–Crippen MR) is 62.1 cm³/mol.